The minimum Gasteiger partial charge on any atom is -0.314 e. The van der Waals surface area contributed by atoms with Crippen LogP contribution in [0.25, 0.3) is 0 Å². The molecule has 3 rings (SSSR count). The van der Waals surface area contributed by atoms with Gasteiger partial charge in [0.2, 0.25) is 0 Å². The molecule has 0 unspecified atom stereocenters. The van der Waals surface area contributed by atoms with E-state index in [2.05, 4.69) is 14.9 Å². The molecule has 0 amide bonds. The average molecular weight is 347 g/mol. The minimum atomic E-state index is -3.56. The fourth-order valence-corrected chi connectivity index (χ4v) is 5.03. The SMILES string of the molecule is Cc1cc(S(=O)(=O)NCc2nnc3n2CCCC3)sc1Cl. The lowest BCUT2D eigenvalue weighted by Crippen LogP contribution is -2.25. The third-order valence-electron chi connectivity index (χ3n) is 3.46. The highest BCUT2D eigenvalue weighted by Crippen LogP contribution is 2.30. The summed E-state index contributed by atoms with van der Waals surface area (Å²) in [6.07, 6.45) is 3.08. The summed E-state index contributed by atoms with van der Waals surface area (Å²) in [4.78, 5) is 0. The number of sulfonamides is 1. The quantitative estimate of drug-likeness (QED) is 0.919. The topological polar surface area (TPSA) is 76.9 Å². The van der Waals surface area contributed by atoms with Crippen LogP contribution in [-0.2, 0) is 29.5 Å². The first kappa shape index (κ1) is 15.0. The van der Waals surface area contributed by atoms with Crippen LogP contribution in [0, 0.1) is 6.92 Å². The van der Waals surface area contributed by atoms with E-state index in [4.69, 9.17) is 11.6 Å². The summed E-state index contributed by atoms with van der Waals surface area (Å²) in [6.45, 7) is 2.78. The van der Waals surface area contributed by atoms with Gasteiger partial charge in [-0.1, -0.05) is 11.6 Å². The molecule has 1 N–H and O–H groups in total. The molecule has 0 aliphatic carbocycles. The summed E-state index contributed by atoms with van der Waals surface area (Å²) in [5.74, 6) is 1.60. The zero-order valence-electron chi connectivity index (χ0n) is 11.5. The van der Waals surface area contributed by atoms with Gasteiger partial charge in [0.1, 0.15) is 15.9 Å². The Labute approximate surface area is 132 Å². The van der Waals surface area contributed by atoms with Crippen LogP contribution in [0.2, 0.25) is 4.34 Å². The van der Waals surface area contributed by atoms with Crippen molar-refractivity contribution in [2.75, 3.05) is 0 Å². The maximum absolute atomic E-state index is 12.2. The molecular weight excluding hydrogens is 332 g/mol. The third-order valence-corrected chi connectivity index (χ3v) is 6.89. The van der Waals surface area contributed by atoms with Crippen LogP contribution in [-0.4, -0.2) is 23.2 Å². The minimum absolute atomic E-state index is 0.143. The molecule has 0 spiro atoms. The van der Waals surface area contributed by atoms with E-state index >= 15 is 0 Å². The highest BCUT2D eigenvalue weighted by Gasteiger charge is 2.21. The molecule has 21 heavy (non-hydrogen) atoms. The largest absolute Gasteiger partial charge is 0.314 e. The average Bonchev–Trinajstić information content (AvgIpc) is 3.02. The summed E-state index contributed by atoms with van der Waals surface area (Å²) in [7, 11) is -3.56. The fourth-order valence-electron chi connectivity index (χ4n) is 2.29. The molecule has 0 bridgehead atoms. The smallest absolute Gasteiger partial charge is 0.250 e. The second kappa shape index (κ2) is 5.68. The number of hydrogen-bond donors (Lipinski definition) is 1. The number of rotatable bonds is 4. The molecule has 2 aromatic rings. The normalized spacial score (nSPS) is 15.1. The molecule has 0 atom stereocenters. The van der Waals surface area contributed by atoms with Gasteiger partial charge in [0.25, 0.3) is 10.0 Å². The first-order valence-corrected chi connectivity index (χ1v) is 9.32. The van der Waals surface area contributed by atoms with Crippen molar-refractivity contribution >= 4 is 33.0 Å². The molecule has 0 aromatic carbocycles. The number of thiophene rings is 1. The second-order valence-electron chi connectivity index (χ2n) is 4.99. The maximum atomic E-state index is 12.2. The predicted octanol–water partition coefficient (Wildman–Crippen LogP) is 2.12. The second-order valence-corrected chi connectivity index (χ2v) is 8.64. The Kier molecular flexibility index (Phi) is 4.04. The molecule has 0 radical (unpaired) electrons. The molecule has 1 aliphatic rings. The van der Waals surface area contributed by atoms with Gasteiger partial charge in [-0.3, -0.25) is 0 Å². The van der Waals surface area contributed by atoms with Crippen molar-refractivity contribution < 1.29 is 8.42 Å². The van der Waals surface area contributed by atoms with Crippen LogP contribution in [0.1, 0.15) is 30.1 Å². The van der Waals surface area contributed by atoms with Crippen LogP contribution in [0.3, 0.4) is 0 Å². The number of nitrogens with one attached hydrogen (secondary N) is 1. The van der Waals surface area contributed by atoms with E-state index in [1.165, 1.54) is 0 Å². The van der Waals surface area contributed by atoms with Gasteiger partial charge in [-0.05, 0) is 31.4 Å². The Morgan fingerprint density at radius 2 is 2.24 bits per heavy atom. The molecule has 114 valence electrons. The molecule has 6 nitrogen and oxygen atoms in total. The highest BCUT2D eigenvalue weighted by atomic mass is 35.5. The van der Waals surface area contributed by atoms with E-state index < -0.39 is 10.0 Å². The number of halogens is 1. The standard InChI is InChI=1S/C12H15ClN4O2S2/c1-8-6-11(20-12(8)13)21(18,19)14-7-10-16-15-9-4-2-3-5-17(9)10/h6,14H,2-5,7H2,1H3. The van der Waals surface area contributed by atoms with Crippen LogP contribution < -0.4 is 4.72 Å². The lowest BCUT2D eigenvalue weighted by molar-refractivity contribution is 0.503. The summed E-state index contributed by atoms with van der Waals surface area (Å²) in [5, 5.41) is 8.19. The van der Waals surface area contributed by atoms with Crippen LogP contribution in [0.4, 0.5) is 0 Å². The van der Waals surface area contributed by atoms with Gasteiger partial charge in [0.15, 0.2) is 0 Å². The van der Waals surface area contributed by atoms with E-state index in [-0.39, 0.29) is 10.8 Å². The number of aryl methyl sites for hydroxylation is 2. The summed E-state index contributed by atoms with van der Waals surface area (Å²) < 4.78 is 29.8. The predicted molar refractivity (Wildman–Crippen MR) is 81.1 cm³/mol. The van der Waals surface area contributed by atoms with Crippen molar-refractivity contribution in [2.24, 2.45) is 0 Å². The van der Waals surface area contributed by atoms with Crippen molar-refractivity contribution in [3.05, 3.63) is 27.6 Å². The van der Waals surface area contributed by atoms with E-state index in [1.807, 2.05) is 4.57 Å². The van der Waals surface area contributed by atoms with E-state index in [0.717, 1.165) is 48.5 Å². The van der Waals surface area contributed by atoms with Gasteiger partial charge < -0.3 is 4.57 Å². The van der Waals surface area contributed by atoms with Crippen molar-refractivity contribution in [3.8, 4) is 0 Å². The Morgan fingerprint density at radius 1 is 1.43 bits per heavy atom. The molecule has 2 aromatic heterocycles. The van der Waals surface area contributed by atoms with E-state index in [1.54, 1.807) is 13.0 Å². The Balaban J connectivity index is 1.76. The first-order chi connectivity index (χ1) is 9.97. The molecule has 1 aliphatic heterocycles. The first-order valence-electron chi connectivity index (χ1n) is 6.64. The summed E-state index contributed by atoms with van der Waals surface area (Å²) in [5.41, 5.74) is 0.766. The summed E-state index contributed by atoms with van der Waals surface area (Å²) >= 11 is 6.99. The van der Waals surface area contributed by atoms with Gasteiger partial charge in [-0.25, -0.2) is 13.1 Å². The van der Waals surface area contributed by atoms with Crippen molar-refractivity contribution in [1.82, 2.24) is 19.5 Å². The van der Waals surface area contributed by atoms with Crippen LogP contribution in [0.15, 0.2) is 10.3 Å². The number of fused-ring (bicyclic) bond motifs is 1. The number of aromatic nitrogens is 3. The Bertz CT molecular complexity index is 747. The number of hydrogen-bond acceptors (Lipinski definition) is 5. The molecule has 3 heterocycles. The zero-order valence-corrected chi connectivity index (χ0v) is 13.9. The van der Waals surface area contributed by atoms with Crippen LogP contribution in [0.5, 0.6) is 0 Å². The van der Waals surface area contributed by atoms with E-state index in [0.29, 0.717) is 10.2 Å². The zero-order chi connectivity index (χ0) is 15.0. The molecular formula is C12H15ClN4O2S2. The van der Waals surface area contributed by atoms with Crippen molar-refractivity contribution in [2.45, 2.75) is 43.5 Å². The van der Waals surface area contributed by atoms with E-state index in [9.17, 15) is 8.42 Å². The number of nitrogens with zero attached hydrogens (tertiary/aromatic N) is 3. The summed E-state index contributed by atoms with van der Waals surface area (Å²) in [6, 6.07) is 1.58. The molecule has 0 saturated carbocycles. The highest BCUT2D eigenvalue weighted by molar-refractivity contribution is 7.91. The fraction of sp³-hybridized carbons (Fsp3) is 0.500. The van der Waals surface area contributed by atoms with Gasteiger partial charge in [0, 0.05) is 13.0 Å². The lowest BCUT2D eigenvalue weighted by atomic mass is 10.2. The monoisotopic (exact) mass is 346 g/mol. The Hall–Kier alpha value is -0.960. The third kappa shape index (κ3) is 2.98. The molecule has 9 heteroatoms. The molecule has 0 fully saturated rings. The van der Waals surface area contributed by atoms with Gasteiger partial charge in [0.05, 0.1) is 10.9 Å². The maximum Gasteiger partial charge on any atom is 0.250 e. The van der Waals surface area contributed by atoms with Gasteiger partial charge in [-0.15, -0.1) is 21.5 Å². The Morgan fingerprint density at radius 3 is 2.95 bits per heavy atom. The van der Waals surface area contributed by atoms with Crippen molar-refractivity contribution in [1.29, 1.82) is 0 Å². The molecule has 0 saturated heterocycles. The van der Waals surface area contributed by atoms with Crippen LogP contribution >= 0.6 is 22.9 Å². The lowest BCUT2D eigenvalue weighted by Gasteiger charge is -2.14. The van der Waals surface area contributed by atoms with Gasteiger partial charge >= 0.3 is 0 Å². The van der Waals surface area contributed by atoms with Gasteiger partial charge in [-0.2, -0.15) is 0 Å². The van der Waals surface area contributed by atoms with Crippen molar-refractivity contribution in [3.63, 3.8) is 0 Å².